The molecule has 2 fully saturated rings. The predicted molar refractivity (Wildman–Crippen MR) is 101 cm³/mol. The van der Waals surface area contributed by atoms with Crippen LogP contribution in [0.5, 0.6) is 0 Å². The van der Waals surface area contributed by atoms with Gasteiger partial charge in [0.2, 0.25) is 0 Å². The molecule has 22 heavy (non-hydrogen) atoms. The average Bonchev–Trinajstić information content (AvgIpc) is 2.59. The first-order chi connectivity index (χ1) is 10.7. The van der Waals surface area contributed by atoms with Crippen molar-refractivity contribution in [3.63, 3.8) is 0 Å². The van der Waals surface area contributed by atoms with Gasteiger partial charge in [-0.05, 0) is 0 Å². The smallest absolute Gasteiger partial charge is 0.136 e. The highest BCUT2D eigenvalue weighted by Gasteiger charge is 2.18. The van der Waals surface area contributed by atoms with E-state index in [9.17, 15) is 5.11 Å². The van der Waals surface area contributed by atoms with Crippen molar-refractivity contribution in [2.75, 3.05) is 64.1 Å². The van der Waals surface area contributed by atoms with Gasteiger partial charge in [-0.25, -0.2) is 0 Å². The van der Waals surface area contributed by atoms with Crippen molar-refractivity contribution in [3.05, 3.63) is 0 Å². The molecule has 2 heterocycles. The molecule has 0 saturated carbocycles. The number of rotatable bonds is 4. The molecule has 0 aromatic heterocycles. The first kappa shape index (κ1) is 18.7. The summed E-state index contributed by atoms with van der Waals surface area (Å²) < 4.78 is 12.3. The topological polar surface area (TPSA) is 45.2 Å². The van der Waals surface area contributed by atoms with E-state index in [0.29, 0.717) is 11.5 Å². The molecule has 5 nitrogen and oxygen atoms in total. The van der Waals surface area contributed by atoms with Crippen LogP contribution in [0.4, 0.5) is 0 Å². The zero-order chi connectivity index (χ0) is 15.8. The molecule has 2 aliphatic rings. The van der Waals surface area contributed by atoms with Crippen LogP contribution in [0, 0.1) is 0 Å². The summed E-state index contributed by atoms with van der Waals surface area (Å²) in [6.07, 6.45) is -0.409. The van der Waals surface area contributed by atoms with Crippen LogP contribution < -0.4 is 0 Å². The molecule has 2 rings (SSSR count). The second kappa shape index (κ2) is 10.3. The summed E-state index contributed by atoms with van der Waals surface area (Å²) in [5, 5.41) is 10.1. The van der Waals surface area contributed by atoms with Crippen molar-refractivity contribution >= 4 is 56.6 Å². The molecule has 0 spiro atoms. The lowest BCUT2D eigenvalue weighted by molar-refractivity contribution is 0.0702. The standard InChI is InChI=1S/C13H22N2O3S4/c16-11(9-21-12(19)14-1-5-17-6-2-14)10-22-13(20)15-3-7-18-8-4-15/h11,16H,1-10H2. The molecule has 9 heteroatoms. The van der Waals surface area contributed by atoms with Crippen LogP contribution in [0.1, 0.15) is 0 Å². The third-order valence-electron chi connectivity index (χ3n) is 3.34. The van der Waals surface area contributed by atoms with Crippen LogP contribution in [0.25, 0.3) is 0 Å². The number of aliphatic hydroxyl groups is 1. The van der Waals surface area contributed by atoms with Crippen LogP contribution >= 0.6 is 48.0 Å². The quantitative estimate of drug-likeness (QED) is 0.719. The molecule has 0 radical (unpaired) electrons. The van der Waals surface area contributed by atoms with Crippen LogP contribution in [0.3, 0.4) is 0 Å². The number of aliphatic hydroxyl groups excluding tert-OH is 1. The summed E-state index contributed by atoms with van der Waals surface area (Å²) in [4.78, 5) is 4.28. The van der Waals surface area contributed by atoms with E-state index in [1.54, 1.807) is 0 Å². The normalized spacial score (nSPS) is 19.5. The number of thioether (sulfide) groups is 2. The predicted octanol–water partition coefficient (Wildman–Crippen LogP) is 1.05. The highest BCUT2D eigenvalue weighted by molar-refractivity contribution is 8.23. The molecule has 0 aliphatic carbocycles. The Hall–Kier alpha value is 0.360. The van der Waals surface area contributed by atoms with E-state index in [4.69, 9.17) is 33.9 Å². The van der Waals surface area contributed by atoms with Gasteiger partial charge in [0, 0.05) is 37.7 Å². The second-order valence-corrected chi connectivity index (χ2v) is 8.31. The highest BCUT2D eigenvalue weighted by atomic mass is 32.2. The zero-order valence-corrected chi connectivity index (χ0v) is 15.7. The largest absolute Gasteiger partial charge is 0.391 e. The molecule has 2 saturated heterocycles. The molecule has 0 amide bonds. The lowest BCUT2D eigenvalue weighted by Crippen LogP contribution is -2.39. The lowest BCUT2D eigenvalue weighted by atomic mass is 10.5. The molecule has 0 unspecified atom stereocenters. The molecule has 126 valence electrons. The van der Waals surface area contributed by atoms with Crippen molar-refractivity contribution in [1.82, 2.24) is 9.80 Å². The lowest BCUT2D eigenvalue weighted by Gasteiger charge is -2.29. The summed E-state index contributed by atoms with van der Waals surface area (Å²) in [6, 6.07) is 0. The summed E-state index contributed by atoms with van der Waals surface area (Å²) in [6.45, 7) is 6.30. The first-order valence-corrected chi connectivity index (χ1v) is 10.1. The third-order valence-corrected chi connectivity index (χ3v) is 6.67. The van der Waals surface area contributed by atoms with Crippen LogP contribution in [0.2, 0.25) is 0 Å². The fourth-order valence-electron chi connectivity index (χ4n) is 2.06. The SMILES string of the molecule is OC(CSC(=S)N1CCOCC1)CSC(=S)N1CCOCC1. The Morgan fingerprint density at radius 3 is 1.59 bits per heavy atom. The minimum atomic E-state index is -0.409. The van der Waals surface area contributed by atoms with Crippen molar-refractivity contribution in [1.29, 1.82) is 0 Å². The maximum absolute atomic E-state index is 10.1. The Balaban J connectivity index is 1.59. The molecule has 1 N–H and O–H groups in total. The van der Waals surface area contributed by atoms with Gasteiger partial charge in [-0.15, -0.1) is 0 Å². The Morgan fingerprint density at radius 2 is 1.23 bits per heavy atom. The highest BCUT2D eigenvalue weighted by Crippen LogP contribution is 2.17. The molecule has 0 aromatic rings. The fraction of sp³-hybridized carbons (Fsp3) is 0.846. The molecule has 0 bridgehead atoms. The molecule has 0 aromatic carbocycles. The van der Waals surface area contributed by atoms with Crippen LogP contribution in [0.15, 0.2) is 0 Å². The fourth-order valence-corrected chi connectivity index (χ4v) is 4.62. The Labute approximate surface area is 151 Å². The molecular formula is C13H22N2O3S4. The van der Waals surface area contributed by atoms with Gasteiger partial charge in [-0.1, -0.05) is 48.0 Å². The molecular weight excluding hydrogens is 360 g/mol. The van der Waals surface area contributed by atoms with E-state index in [0.717, 1.165) is 61.2 Å². The van der Waals surface area contributed by atoms with E-state index in [2.05, 4.69) is 9.80 Å². The van der Waals surface area contributed by atoms with Gasteiger partial charge in [0.15, 0.2) is 0 Å². The third kappa shape index (κ3) is 6.46. The Bertz CT molecular complexity index is 340. The van der Waals surface area contributed by atoms with Gasteiger partial charge in [0.1, 0.15) is 8.64 Å². The summed E-state index contributed by atoms with van der Waals surface area (Å²) in [5.41, 5.74) is 0. The van der Waals surface area contributed by atoms with Crippen molar-refractivity contribution in [3.8, 4) is 0 Å². The van der Waals surface area contributed by atoms with Gasteiger partial charge >= 0.3 is 0 Å². The van der Waals surface area contributed by atoms with Gasteiger partial charge in [0.25, 0.3) is 0 Å². The first-order valence-electron chi connectivity index (χ1n) is 7.34. The monoisotopic (exact) mass is 382 g/mol. The van der Waals surface area contributed by atoms with Gasteiger partial charge in [-0.3, -0.25) is 0 Å². The van der Waals surface area contributed by atoms with Gasteiger partial charge in [0.05, 0.1) is 32.5 Å². The molecule has 0 atom stereocenters. The second-order valence-electron chi connectivity index (χ2n) is 5.01. The zero-order valence-electron chi connectivity index (χ0n) is 12.4. The number of nitrogens with zero attached hydrogens (tertiary/aromatic N) is 2. The number of hydrogen-bond acceptors (Lipinski definition) is 7. The van der Waals surface area contributed by atoms with Crippen LogP contribution in [-0.2, 0) is 9.47 Å². The van der Waals surface area contributed by atoms with E-state index < -0.39 is 6.10 Å². The summed E-state index contributed by atoms with van der Waals surface area (Å²) >= 11 is 13.9. The van der Waals surface area contributed by atoms with E-state index in [1.165, 1.54) is 23.5 Å². The average molecular weight is 383 g/mol. The van der Waals surface area contributed by atoms with Gasteiger partial charge in [-0.2, -0.15) is 0 Å². The minimum Gasteiger partial charge on any atom is -0.391 e. The summed E-state index contributed by atoms with van der Waals surface area (Å²) in [5.74, 6) is 1.21. The maximum Gasteiger partial charge on any atom is 0.136 e. The van der Waals surface area contributed by atoms with E-state index in [1.807, 2.05) is 0 Å². The van der Waals surface area contributed by atoms with E-state index in [-0.39, 0.29) is 0 Å². The number of hydrogen-bond donors (Lipinski definition) is 1. The van der Waals surface area contributed by atoms with Crippen LogP contribution in [-0.4, -0.2) is 93.8 Å². The Kier molecular flexibility index (Phi) is 8.73. The molecule has 2 aliphatic heterocycles. The number of ether oxygens (including phenoxy) is 2. The number of morpholine rings is 2. The van der Waals surface area contributed by atoms with E-state index >= 15 is 0 Å². The summed E-state index contributed by atoms with van der Waals surface area (Å²) in [7, 11) is 0. The van der Waals surface area contributed by atoms with Gasteiger partial charge < -0.3 is 24.4 Å². The van der Waals surface area contributed by atoms with Crippen molar-refractivity contribution in [2.24, 2.45) is 0 Å². The van der Waals surface area contributed by atoms with Crippen molar-refractivity contribution in [2.45, 2.75) is 6.10 Å². The van der Waals surface area contributed by atoms with Crippen molar-refractivity contribution < 1.29 is 14.6 Å². The number of thiocarbonyl (C=S) groups is 2. The minimum absolute atomic E-state index is 0.409. The Morgan fingerprint density at radius 1 is 0.864 bits per heavy atom. The maximum atomic E-state index is 10.1.